The highest BCUT2D eigenvalue weighted by molar-refractivity contribution is 6.11. The van der Waals surface area contributed by atoms with Crippen molar-refractivity contribution in [2.24, 2.45) is 11.8 Å². The molecule has 2 fully saturated rings. The summed E-state index contributed by atoms with van der Waals surface area (Å²) in [7, 11) is 0. The number of carbonyl (C=O) groups excluding carboxylic acids is 2. The topological polar surface area (TPSA) is 94.3 Å². The first kappa shape index (κ1) is 18.5. The van der Waals surface area contributed by atoms with Crippen LogP contribution in [0.2, 0.25) is 0 Å². The lowest BCUT2D eigenvalue weighted by molar-refractivity contribution is -0.131. The molecule has 1 unspecified atom stereocenters. The summed E-state index contributed by atoms with van der Waals surface area (Å²) in [6, 6.07) is -0.149. The smallest absolute Gasteiger partial charge is 0.165 e. The Kier molecular flexibility index (Phi) is 5.23. The van der Waals surface area contributed by atoms with Crippen molar-refractivity contribution in [1.29, 1.82) is 0 Å². The van der Waals surface area contributed by atoms with E-state index in [2.05, 4.69) is 10.3 Å². The van der Waals surface area contributed by atoms with Crippen molar-refractivity contribution in [3.05, 3.63) is 23.5 Å². The molecule has 3 aliphatic rings. The number of aliphatic hydroxyl groups is 1. The summed E-state index contributed by atoms with van der Waals surface area (Å²) in [6.07, 6.45) is 9.51. The fourth-order valence-corrected chi connectivity index (χ4v) is 4.70. The first-order chi connectivity index (χ1) is 13.0. The van der Waals surface area contributed by atoms with Crippen molar-refractivity contribution in [2.75, 3.05) is 6.61 Å². The standard InChI is InChI=1S/C20H27N3O4/c1-12-6-15(18(26)9-17(12)25)19-8-16(20(11-24)27-19)23-10-14(21-22-23)7-13-4-2-3-5-13/h6,10,13,15-16,19-20,24H,2-5,7-9,11H2,1H3/t15?,16-,19+,20+/m0/s1. The molecule has 27 heavy (non-hydrogen) atoms. The minimum atomic E-state index is -0.428. The van der Waals surface area contributed by atoms with Crippen molar-refractivity contribution < 1.29 is 19.4 Å². The Morgan fingerprint density at radius 1 is 1.30 bits per heavy atom. The zero-order valence-corrected chi connectivity index (χ0v) is 15.7. The molecule has 7 nitrogen and oxygen atoms in total. The molecule has 2 aliphatic carbocycles. The van der Waals surface area contributed by atoms with Gasteiger partial charge in [-0.3, -0.25) is 9.59 Å². The number of aliphatic hydroxyl groups excluding tert-OH is 1. The Hall–Kier alpha value is -1.86. The van der Waals surface area contributed by atoms with Crippen molar-refractivity contribution in [2.45, 2.75) is 70.1 Å². The molecule has 0 radical (unpaired) electrons. The third kappa shape index (κ3) is 3.75. The molecule has 146 valence electrons. The van der Waals surface area contributed by atoms with Crippen LogP contribution in [0, 0.1) is 11.8 Å². The summed E-state index contributed by atoms with van der Waals surface area (Å²) in [5, 5.41) is 18.4. The Labute approximate surface area is 158 Å². The summed E-state index contributed by atoms with van der Waals surface area (Å²) >= 11 is 0. The van der Waals surface area contributed by atoms with E-state index in [1.807, 2.05) is 6.20 Å². The van der Waals surface area contributed by atoms with E-state index >= 15 is 0 Å². The fourth-order valence-electron chi connectivity index (χ4n) is 4.70. The molecule has 4 rings (SSSR count). The molecule has 0 spiro atoms. The van der Waals surface area contributed by atoms with Gasteiger partial charge in [0.05, 0.1) is 36.8 Å². The van der Waals surface area contributed by atoms with Gasteiger partial charge in [-0.2, -0.15) is 0 Å². The monoisotopic (exact) mass is 373 g/mol. The van der Waals surface area contributed by atoms with Gasteiger partial charge in [-0.25, -0.2) is 4.68 Å². The van der Waals surface area contributed by atoms with Crippen molar-refractivity contribution in [1.82, 2.24) is 15.0 Å². The number of allylic oxidation sites excluding steroid dienone is 1. The van der Waals surface area contributed by atoms with Gasteiger partial charge in [0, 0.05) is 6.20 Å². The minimum absolute atomic E-state index is 0.0593. The molecule has 1 aromatic heterocycles. The van der Waals surface area contributed by atoms with E-state index in [9.17, 15) is 14.7 Å². The molecular weight excluding hydrogens is 346 g/mol. The van der Waals surface area contributed by atoms with Gasteiger partial charge in [-0.15, -0.1) is 5.10 Å². The maximum absolute atomic E-state index is 12.3. The fraction of sp³-hybridized carbons (Fsp3) is 0.700. The Balaban J connectivity index is 1.48. The van der Waals surface area contributed by atoms with Crippen LogP contribution in [0.3, 0.4) is 0 Å². The molecule has 7 heteroatoms. The van der Waals surface area contributed by atoms with Crippen LogP contribution in [0.25, 0.3) is 0 Å². The van der Waals surface area contributed by atoms with Crippen molar-refractivity contribution in [3.63, 3.8) is 0 Å². The Morgan fingerprint density at radius 3 is 2.81 bits per heavy atom. The number of ether oxygens (including phenoxy) is 1. The van der Waals surface area contributed by atoms with Gasteiger partial charge in [0.25, 0.3) is 0 Å². The highest BCUT2D eigenvalue weighted by atomic mass is 16.5. The second-order valence-electron chi connectivity index (χ2n) is 8.18. The first-order valence-electron chi connectivity index (χ1n) is 9.96. The molecule has 1 saturated carbocycles. The summed E-state index contributed by atoms with van der Waals surface area (Å²) in [5.41, 5.74) is 1.60. The Morgan fingerprint density at radius 2 is 2.07 bits per heavy atom. The van der Waals surface area contributed by atoms with Gasteiger partial charge in [-0.05, 0) is 31.3 Å². The quantitative estimate of drug-likeness (QED) is 0.791. The molecule has 4 atom stereocenters. The predicted octanol–water partition coefficient (Wildman–Crippen LogP) is 1.81. The zero-order chi connectivity index (χ0) is 19.0. The lowest BCUT2D eigenvalue weighted by atomic mass is 9.84. The summed E-state index contributed by atoms with van der Waals surface area (Å²) in [5.74, 6) is 0.0518. The number of Topliss-reactive ketones (excluding diaryl/α,β-unsaturated/α-hetero) is 2. The van der Waals surface area contributed by atoms with Crippen LogP contribution in [0.4, 0.5) is 0 Å². The van der Waals surface area contributed by atoms with E-state index in [1.54, 1.807) is 17.7 Å². The number of aromatic nitrogens is 3. The molecule has 2 heterocycles. The molecule has 1 N–H and O–H groups in total. The lowest BCUT2D eigenvalue weighted by Gasteiger charge is -2.23. The average molecular weight is 373 g/mol. The Bertz CT molecular complexity index is 750. The third-order valence-electron chi connectivity index (χ3n) is 6.28. The molecular formula is C20H27N3O4. The average Bonchev–Trinajstić information content (AvgIpc) is 3.38. The van der Waals surface area contributed by atoms with Crippen molar-refractivity contribution in [3.8, 4) is 0 Å². The van der Waals surface area contributed by atoms with Gasteiger partial charge in [0.1, 0.15) is 11.9 Å². The molecule has 1 aliphatic heterocycles. The van der Waals surface area contributed by atoms with E-state index in [-0.39, 0.29) is 36.7 Å². The molecule has 0 aromatic carbocycles. The van der Waals surface area contributed by atoms with Gasteiger partial charge in [0.15, 0.2) is 5.78 Å². The van der Waals surface area contributed by atoms with E-state index in [4.69, 9.17) is 4.74 Å². The predicted molar refractivity (Wildman–Crippen MR) is 97.0 cm³/mol. The minimum Gasteiger partial charge on any atom is -0.394 e. The largest absolute Gasteiger partial charge is 0.394 e. The lowest BCUT2D eigenvalue weighted by Crippen LogP contribution is -2.32. The number of rotatable bonds is 5. The second-order valence-corrected chi connectivity index (χ2v) is 8.18. The summed E-state index contributed by atoms with van der Waals surface area (Å²) in [6.45, 7) is 1.60. The normalized spacial score (nSPS) is 32.3. The van der Waals surface area contributed by atoms with Crippen LogP contribution in [0.1, 0.15) is 57.2 Å². The van der Waals surface area contributed by atoms with Gasteiger partial charge in [-0.1, -0.05) is 37.0 Å². The van der Waals surface area contributed by atoms with Crippen LogP contribution in [-0.4, -0.2) is 50.5 Å². The summed E-state index contributed by atoms with van der Waals surface area (Å²) in [4.78, 5) is 24.1. The highest BCUT2D eigenvalue weighted by Gasteiger charge is 2.43. The van der Waals surface area contributed by atoms with E-state index in [0.717, 1.165) is 12.1 Å². The van der Waals surface area contributed by atoms with Crippen LogP contribution >= 0.6 is 0 Å². The first-order valence-corrected chi connectivity index (χ1v) is 9.96. The van der Waals surface area contributed by atoms with Crippen LogP contribution < -0.4 is 0 Å². The maximum Gasteiger partial charge on any atom is 0.165 e. The molecule has 0 bridgehead atoms. The van der Waals surface area contributed by atoms with E-state index in [0.29, 0.717) is 17.9 Å². The number of carbonyl (C=O) groups is 2. The SMILES string of the molecule is CC1=CC([C@H]2C[C@H](n3cc(CC4CCCC4)nn3)[C@@H](CO)O2)C(=O)CC1=O. The third-order valence-corrected chi connectivity index (χ3v) is 6.28. The van der Waals surface area contributed by atoms with Crippen LogP contribution in [-0.2, 0) is 20.7 Å². The van der Waals surface area contributed by atoms with Gasteiger partial charge in [0.2, 0.25) is 0 Å². The number of hydrogen-bond donors (Lipinski definition) is 1. The molecule has 1 saturated heterocycles. The number of hydrogen-bond acceptors (Lipinski definition) is 6. The van der Waals surface area contributed by atoms with Crippen molar-refractivity contribution >= 4 is 11.6 Å². The van der Waals surface area contributed by atoms with E-state index in [1.165, 1.54) is 25.7 Å². The van der Waals surface area contributed by atoms with Crippen LogP contribution in [0.5, 0.6) is 0 Å². The van der Waals surface area contributed by atoms with Crippen LogP contribution in [0.15, 0.2) is 17.8 Å². The number of nitrogens with zero attached hydrogens (tertiary/aromatic N) is 3. The van der Waals surface area contributed by atoms with Gasteiger partial charge >= 0.3 is 0 Å². The highest BCUT2D eigenvalue weighted by Crippen LogP contribution is 2.37. The second kappa shape index (κ2) is 7.64. The molecule has 0 amide bonds. The van der Waals surface area contributed by atoms with Gasteiger partial charge < -0.3 is 9.84 Å². The maximum atomic E-state index is 12.3. The zero-order valence-electron chi connectivity index (χ0n) is 15.7. The summed E-state index contributed by atoms with van der Waals surface area (Å²) < 4.78 is 7.79. The van der Waals surface area contributed by atoms with E-state index < -0.39 is 12.0 Å². The molecule has 1 aromatic rings. The number of ketones is 2.